The van der Waals surface area contributed by atoms with Gasteiger partial charge < -0.3 is 21.1 Å². The van der Waals surface area contributed by atoms with Gasteiger partial charge in [0.1, 0.15) is 17.3 Å². The van der Waals surface area contributed by atoms with Crippen LogP contribution in [0.2, 0.25) is 0 Å². The van der Waals surface area contributed by atoms with Gasteiger partial charge in [0.05, 0.1) is 23.3 Å². The highest BCUT2D eigenvalue weighted by molar-refractivity contribution is 6.11. The van der Waals surface area contributed by atoms with Crippen LogP contribution < -0.4 is 16.0 Å². The number of hydrogen-bond donors (Lipinski definition) is 3. The molecule has 0 spiro atoms. The molecule has 1 fully saturated rings. The maximum atomic E-state index is 13.6. The molecule has 1 aliphatic heterocycles. The molecule has 4 N–H and O–H groups in total. The number of rotatable bonds is 5. The van der Waals surface area contributed by atoms with Crippen molar-refractivity contribution >= 4 is 17.4 Å². The van der Waals surface area contributed by atoms with E-state index < -0.39 is 29.3 Å². The normalized spacial score (nSPS) is 18.5. The molecule has 2 aromatic rings. The second kappa shape index (κ2) is 8.57. The molecule has 10 heteroatoms. The molecule has 2 atom stereocenters. The summed E-state index contributed by atoms with van der Waals surface area (Å²) in [5, 5.41) is 13.6. The number of anilines is 2. The van der Waals surface area contributed by atoms with Crippen LogP contribution in [0.3, 0.4) is 0 Å². The van der Waals surface area contributed by atoms with Crippen molar-refractivity contribution in [3.63, 3.8) is 0 Å². The van der Waals surface area contributed by atoms with Crippen molar-refractivity contribution < 1.29 is 23.1 Å². The van der Waals surface area contributed by atoms with E-state index in [1.807, 2.05) is 13.8 Å². The molecule has 1 saturated heterocycles. The van der Waals surface area contributed by atoms with Crippen LogP contribution in [0.1, 0.15) is 35.5 Å². The Kier molecular flexibility index (Phi) is 6.27. The minimum Gasteiger partial charge on any atom is -0.391 e. The average Bonchev–Trinajstić information content (AvgIpc) is 2.72. The van der Waals surface area contributed by atoms with Crippen LogP contribution in [0.25, 0.3) is 0 Å². The van der Waals surface area contributed by atoms with Crippen molar-refractivity contribution in [2.45, 2.75) is 32.2 Å². The van der Waals surface area contributed by atoms with Gasteiger partial charge in [0.15, 0.2) is 0 Å². The van der Waals surface area contributed by atoms with Crippen LogP contribution in [0.4, 0.5) is 24.8 Å². The Hall–Kier alpha value is -2.72. The highest BCUT2D eigenvalue weighted by Crippen LogP contribution is 2.34. The number of aliphatic hydroxyl groups excluding tert-OH is 1. The van der Waals surface area contributed by atoms with Crippen LogP contribution in [0.5, 0.6) is 0 Å². The number of ketones is 1. The predicted octanol–water partition coefficient (Wildman–Crippen LogP) is 2.10. The molecule has 3 heterocycles. The van der Waals surface area contributed by atoms with E-state index in [-0.39, 0.29) is 29.2 Å². The maximum absolute atomic E-state index is 13.6. The fourth-order valence-corrected chi connectivity index (χ4v) is 3.44. The molecule has 0 aromatic carbocycles. The van der Waals surface area contributed by atoms with Crippen molar-refractivity contribution in [3.05, 3.63) is 47.3 Å². The summed E-state index contributed by atoms with van der Waals surface area (Å²) in [5.74, 6) is -0.862. The summed E-state index contributed by atoms with van der Waals surface area (Å²) < 4.78 is 40.7. The van der Waals surface area contributed by atoms with E-state index >= 15 is 0 Å². The summed E-state index contributed by atoms with van der Waals surface area (Å²) in [7, 11) is 0. The number of nitrogens with one attached hydrogen (secondary N) is 1. The van der Waals surface area contributed by atoms with Crippen LogP contribution in [0.15, 0.2) is 30.5 Å². The van der Waals surface area contributed by atoms with Crippen LogP contribution in [0, 0.1) is 5.92 Å². The number of alkyl halides is 3. The van der Waals surface area contributed by atoms with E-state index in [0.717, 1.165) is 6.07 Å². The minimum absolute atomic E-state index is 0.00806. The number of pyridine rings is 2. The molecule has 1 aliphatic rings. The Morgan fingerprint density at radius 2 is 2.07 bits per heavy atom. The van der Waals surface area contributed by atoms with Gasteiger partial charge >= 0.3 is 6.18 Å². The molecule has 0 radical (unpaired) electrons. The number of carbonyl (C=O) groups is 1. The Labute approximate surface area is 172 Å². The van der Waals surface area contributed by atoms with Gasteiger partial charge in [-0.2, -0.15) is 13.2 Å². The molecule has 3 rings (SSSR count). The Morgan fingerprint density at radius 3 is 2.70 bits per heavy atom. The van der Waals surface area contributed by atoms with Gasteiger partial charge in [-0.3, -0.25) is 4.79 Å². The van der Waals surface area contributed by atoms with E-state index in [2.05, 4.69) is 15.3 Å². The SMILES string of the molecule is CC(C)C(O)C1CN(c2ccc(C(F)(F)F)c(C(=O)c3cccnc3N)n2)CCN1. The second-order valence-electron chi connectivity index (χ2n) is 7.57. The third kappa shape index (κ3) is 4.54. The fraction of sp³-hybridized carbons (Fsp3) is 0.450. The fourth-order valence-electron chi connectivity index (χ4n) is 3.44. The van der Waals surface area contributed by atoms with Gasteiger partial charge in [0, 0.05) is 25.8 Å². The zero-order valence-electron chi connectivity index (χ0n) is 16.6. The second-order valence-corrected chi connectivity index (χ2v) is 7.57. The molecular formula is C20H24F3N5O2. The van der Waals surface area contributed by atoms with Gasteiger partial charge in [-0.15, -0.1) is 0 Å². The van der Waals surface area contributed by atoms with Crippen molar-refractivity contribution in [1.82, 2.24) is 15.3 Å². The van der Waals surface area contributed by atoms with Crippen molar-refractivity contribution in [3.8, 4) is 0 Å². The summed E-state index contributed by atoms with van der Waals surface area (Å²) in [6.07, 6.45) is -4.03. The molecule has 2 unspecified atom stereocenters. The first-order valence-electron chi connectivity index (χ1n) is 9.59. The maximum Gasteiger partial charge on any atom is 0.418 e. The molecule has 2 aromatic heterocycles. The topological polar surface area (TPSA) is 104 Å². The van der Waals surface area contributed by atoms with Crippen molar-refractivity contribution in [1.29, 1.82) is 0 Å². The number of piperazine rings is 1. The highest BCUT2D eigenvalue weighted by atomic mass is 19.4. The smallest absolute Gasteiger partial charge is 0.391 e. The monoisotopic (exact) mass is 423 g/mol. The summed E-state index contributed by atoms with van der Waals surface area (Å²) in [5.41, 5.74) is 3.70. The van der Waals surface area contributed by atoms with Crippen LogP contribution in [-0.4, -0.2) is 52.6 Å². The highest BCUT2D eigenvalue weighted by Gasteiger charge is 2.38. The summed E-state index contributed by atoms with van der Waals surface area (Å²) in [6, 6.07) is 4.58. The number of hydrogen-bond acceptors (Lipinski definition) is 7. The zero-order chi connectivity index (χ0) is 22.1. The molecule has 0 saturated carbocycles. The number of aliphatic hydroxyl groups is 1. The van der Waals surface area contributed by atoms with E-state index in [1.165, 1.54) is 24.4 Å². The van der Waals surface area contributed by atoms with E-state index in [1.54, 1.807) is 4.90 Å². The number of nitrogens with zero attached hydrogens (tertiary/aromatic N) is 3. The molecule has 162 valence electrons. The molecule has 0 bridgehead atoms. The quantitative estimate of drug-likeness (QED) is 0.633. The number of nitrogen functional groups attached to an aromatic ring is 1. The van der Waals surface area contributed by atoms with E-state index in [0.29, 0.717) is 19.6 Å². The Morgan fingerprint density at radius 1 is 1.33 bits per heavy atom. The van der Waals surface area contributed by atoms with Gasteiger partial charge in [-0.25, -0.2) is 9.97 Å². The number of nitrogens with two attached hydrogens (primary N) is 1. The zero-order valence-corrected chi connectivity index (χ0v) is 16.6. The number of carbonyl (C=O) groups excluding carboxylic acids is 1. The molecule has 7 nitrogen and oxygen atoms in total. The first-order valence-corrected chi connectivity index (χ1v) is 9.59. The largest absolute Gasteiger partial charge is 0.418 e. The summed E-state index contributed by atoms with van der Waals surface area (Å²) in [6.45, 7) is 5.12. The van der Waals surface area contributed by atoms with Gasteiger partial charge in [-0.1, -0.05) is 13.8 Å². The molecular weight excluding hydrogens is 399 g/mol. The molecule has 0 aliphatic carbocycles. The predicted molar refractivity (Wildman–Crippen MR) is 106 cm³/mol. The molecule has 0 amide bonds. The van der Waals surface area contributed by atoms with Gasteiger partial charge in [0.25, 0.3) is 0 Å². The van der Waals surface area contributed by atoms with E-state index in [9.17, 15) is 23.1 Å². The Bertz CT molecular complexity index is 920. The lowest BCUT2D eigenvalue weighted by atomic mass is 9.98. The van der Waals surface area contributed by atoms with E-state index in [4.69, 9.17) is 5.73 Å². The minimum atomic E-state index is -4.76. The first kappa shape index (κ1) is 22.0. The summed E-state index contributed by atoms with van der Waals surface area (Å²) >= 11 is 0. The van der Waals surface area contributed by atoms with Crippen molar-refractivity contribution in [2.75, 3.05) is 30.3 Å². The number of halogens is 3. The lowest BCUT2D eigenvalue weighted by Gasteiger charge is -2.38. The number of aromatic nitrogens is 2. The van der Waals surface area contributed by atoms with Crippen molar-refractivity contribution in [2.24, 2.45) is 5.92 Å². The molecule has 30 heavy (non-hydrogen) atoms. The van der Waals surface area contributed by atoms with Gasteiger partial charge in [-0.05, 0) is 30.2 Å². The standard InChI is InChI=1S/C20H24F3N5O2/c1-11(2)17(29)14-10-28(9-8-25-14)15-6-5-13(20(21,22)23)16(27-15)18(30)12-4-3-7-26-19(12)24/h3-7,11,14,17,25,29H,8-10H2,1-2H3,(H2,24,26). The van der Waals surface area contributed by atoms with Crippen LogP contribution in [-0.2, 0) is 6.18 Å². The van der Waals surface area contributed by atoms with Crippen LogP contribution >= 0.6 is 0 Å². The lowest BCUT2D eigenvalue weighted by Crippen LogP contribution is -2.57. The third-order valence-electron chi connectivity index (χ3n) is 5.11. The lowest BCUT2D eigenvalue weighted by molar-refractivity contribution is -0.138. The average molecular weight is 423 g/mol. The summed E-state index contributed by atoms with van der Waals surface area (Å²) in [4.78, 5) is 22.5. The Balaban J connectivity index is 1.99. The van der Waals surface area contributed by atoms with Gasteiger partial charge in [0.2, 0.25) is 5.78 Å². The third-order valence-corrected chi connectivity index (χ3v) is 5.11. The first-order chi connectivity index (χ1) is 14.1.